The van der Waals surface area contributed by atoms with Crippen molar-refractivity contribution in [2.45, 2.75) is 26.3 Å². The molecule has 2 aromatic heterocycles. The molecule has 0 saturated heterocycles. The van der Waals surface area contributed by atoms with Crippen molar-refractivity contribution in [3.05, 3.63) is 12.1 Å². The van der Waals surface area contributed by atoms with Crippen molar-refractivity contribution in [1.29, 1.82) is 0 Å². The molecule has 2 aromatic rings. The molecule has 0 fully saturated rings. The molecule has 1 N–H and O–H groups in total. The third-order valence-electron chi connectivity index (χ3n) is 2.69. The zero-order valence-corrected chi connectivity index (χ0v) is 10.2. The van der Waals surface area contributed by atoms with Crippen molar-refractivity contribution < 1.29 is 9.90 Å². The minimum absolute atomic E-state index is 0.0587. The van der Waals surface area contributed by atoms with E-state index in [1.54, 1.807) is 12.1 Å². The Morgan fingerprint density at radius 3 is 3.00 bits per heavy atom. The quantitative estimate of drug-likeness (QED) is 0.810. The first-order valence-electron chi connectivity index (χ1n) is 5.65. The molecule has 0 bridgehead atoms. The molecule has 96 valence electrons. The van der Waals surface area contributed by atoms with Gasteiger partial charge in [-0.1, -0.05) is 0 Å². The highest BCUT2D eigenvalue weighted by atomic mass is 16.4. The highest BCUT2D eigenvalue weighted by Crippen LogP contribution is 2.15. The Morgan fingerprint density at radius 1 is 1.56 bits per heavy atom. The Bertz CT molecular complexity index is 554. The van der Waals surface area contributed by atoms with Crippen LogP contribution in [0.1, 0.15) is 20.3 Å². The molecule has 0 spiro atoms. The zero-order chi connectivity index (χ0) is 13.1. The van der Waals surface area contributed by atoms with Crippen molar-refractivity contribution in [1.82, 2.24) is 25.3 Å². The largest absolute Gasteiger partial charge is 0.481 e. The van der Waals surface area contributed by atoms with E-state index in [1.807, 2.05) is 18.7 Å². The molecule has 0 radical (unpaired) electrons. The summed E-state index contributed by atoms with van der Waals surface area (Å²) in [7, 11) is 0. The highest BCUT2D eigenvalue weighted by molar-refractivity contribution is 5.68. The van der Waals surface area contributed by atoms with Gasteiger partial charge in [0.1, 0.15) is 0 Å². The van der Waals surface area contributed by atoms with Crippen molar-refractivity contribution in [3.63, 3.8) is 0 Å². The van der Waals surface area contributed by atoms with Crippen molar-refractivity contribution in [2.75, 3.05) is 11.4 Å². The fraction of sp³-hybridized carbons (Fsp3) is 0.500. The second-order valence-electron chi connectivity index (χ2n) is 3.95. The van der Waals surface area contributed by atoms with Crippen molar-refractivity contribution in [2.24, 2.45) is 0 Å². The molecule has 0 amide bonds. The lowest BCUT2D eigenvalue weighted by atomic mass is 10.2. The first-order chi connectivity index (χ1) is 8.61. The van der Waals surface area contributed by atoms with Gasteiger partial charge in [0.25, 0.3) is 0 Å². The lowest BCUT2D eigenvalue weighted by molar-refractivity contribution is -0.137. The van der Waals surface area contributed by atoms with Crippen LogP contribution in [0.15, 0.2) is 12.1 Å². The second kappa shape index (κ2) is 4.94. The minimum atomic E-state index is -0.829. The summed E-state index contributed by atoms with van der Waals surface area (Å²) in [6.07, 6.45) is 0.0587. The number of hydrogen-bond donors (Lipinski definition) is 1. The van der Waals surface area contributed by atoms with Gasteiger partial charge in [-0.15, -0.1) is 14.8 Å². The maximum absolute atomic E-state index is 10.7. The number of carboxylic acid groups (broad SMARTS) is 1. The number of fused-ring (bicyclic) bond motifs is 1. The fourth-order valence-corrected chi connectivity index (χ4v) is 1.86. The molecule has 8 heteroatoms. The van der Waals surface area contributed by atoms with E-state index >= 15 is 0 Å². The molecular weight excluding hydrogens is 236 g/mol. The molecule has 0 aromatic carbocycles. The SMILES string of the molecule is CCN(c1ccc2nnnn2n1)C(C)CC(=O)O. The third kappa shape index (κ3) is 2.36. The number of nitrogens with zero attached hydrogens (tertiary/aromatic N) is 6. The van der Waals surface area contributed by atoms with E-state index in [0.717, 1.165) is 0 Å². The van der Waals surface area contributed by atoms with Gasteiger partial charge in [-0.25, -0.2) is 0 Å². The summed E-state index contributed by atoms with van der Waals surface area (Å²) in [5.41, 5.74) is 0.556. The first kappa shape index (κ1) is 12.2. The Labute approximate surface area is 103 Å². The number of aliphatic carboxylic acids is 1. The Hall–Kier alpha value is -2.25. The number of rotatable bonds is 5. The molecule has 1 atom stereocenters. The Kier molecular flexibility index (Phi) is 3.35. The van der Waals surface area contributed by atoms with Crippen molar-refractivity contribution in [3.8, 4) is 0 Å². The van der Waals surface area contributed by atoms with Crippen LogP contribution in [0.3, 0.4) is 0 Å². The topological polar surface area (TPSA) is 96.5 Å². The van der Waals surface area contributed by atoms with Gasteiger partial charge in [0.15, 0.2) is 11.5 Å². The van der Waals surface area contributed by atoms with Crippen LogP contribution in [0, 0.1) is 0 Å². The van der Waals surface area contributed by atoms with Gasteiger partial charge >= 0.3 is 5.97 Å². The molecule has 2 heterocycles. The molecule has 18 heavy (non-hydrogen) atoms. The van der Waals surface area contributed by atoms with Crippen LogP contribution < -0.4 is 4.90 Å². The summed E-state index contributed by atoms with van der Waals surface area (Å²) in [6, 6.07) is 3.39. The summed E-state index contributed by atoms with van der Waals surface area (Å²) in [4.78, 5) is 12.6. The number of hydrogen-bond acceptors (Lipinski definition) is 6. The fourth-order valence-electron chi connectivity index (χ4n) is 1.86. The van der Waals surface area contributed by atoms with E-state index in [1.165, 1.54) is 4.63 Å². The normalized spacial score (nSPS) is 12.6. The monoisotopic (exact) mass is 250 g/mol. The molecular formula is C10H14N6O2. The van der Waals surface area contributed by atoms with Crippen LogP contribution in [0.25, 0.3) is 5.65 Å². The average molecular weight is 250 g/mol. The van der Waals surface area contributed by atoms with E-state index < -0.39 is 5.97 Å². The van der Waals surface area contributed by atoms with Gasteiger partial charge in [-0.05, 0) is 36.4 Å². The smallest absolute Gasteiger partial charge is 0.305 e. The number of tetrazole rings is 1. The van der Waals surface area contributed by atoms with Crippen LogP contribution in [-0.2, 0) is 4.79 Å². The molecule has 2 rings (SSSR count). The molecule has 0 aliphatic heterocycles. The van der Waals surface area contributed by atoms with Crippen LogP contribution >= 0.6 is 0 Å². The maximum Gasteiger partial charge on any atom is 0.305 e. The molecule has 0 saturated carbocycles. The van der Waals surface area contributed by atoms with Gasteiger partial charge < -0.3 is 10.0 Å². The van der Waals surface area contributed by atoms with E-state index in [2.05, 4.69) is 20.6 Å². The van der Waals surface area contributed by atoms with Gasteiger partial charge in [0, 0.05) is 12.6 Å². The Balaban J connectivity index is 2.28. The predicted molar refractivity (Wildman–Crippen MR) is 63.3 cm³/mol. The van der Waals surface area contributed by atoms with Crippen LogP contribution in [-0.4, -0.2) is 48.9 Å². The van der Waals surface area contributed by atoms with Crippen LogP contribution in [0.2, 0.25) is 0 Å². The molecule has 1 unspecified atom stereocenters. The minimum Gasteiger partial charge on any atom is -0.481 e. The summed E-state index contributed by atoms with van der Waals surface area (Å²) >= 11 is 0. The summed E-state index contributed by atoms with van der Waals surface area (Å²) in [6.45, 7) is 4.46. The summed E-state index contributed by atoms with van der Waals surface area (Å²) in [5, 5.41) is 24.1. The molecule has 0 aliphatic rings. The summed E-state index contributed by atoms with van der Waals surface area (Å²) < 4.78 is 1.32. The zero-order valence-electron chi connectivity index (χ0n) is 10.2. The third-order valence-corrected chi connectivity index (χ3v) is 2.69. The molecule has 8 nitrogen and oxygen atoms in total. The number of aromatic nitrogens is 5. The predicted octanol–water partition coefficient (Wildman–Crippen LogP) is 0.209. The van der Waals surface area contributed by atoms with Crippen LogP contribution in [0.4, 0.5) is 5.82 Å². The van der Waals surface area contributed by atoms with Gasteiger partial charge in [-0.3, -0.25) is 4.79 Å². The lowest BCUT2D eigenvalue weighted by Crippen LogP contribution is -2.35. The Morgan fingerprint density at radius 2 is 2.33 bits per heavy atom. The number of carbonyl (C=O) groups is 1. The standard InChI is InChI=1S/C10H14N6O2/c1-3-15(7(2)6-10(17)18)9-5-4-8-11-13-14-16(8)12-9/h4-5,7H,3,6H2,1-2H3,(H,17,18). The highest BCUT2D eigenvalue weighted by Gasteiger charge is 2.17. The van der Waals surface area contributed by atoms with Crippen LogP contribution in [0.5, 0.6) is 0 Å². The average Bonchev–Trinajstić information content (AvgIpc) is 2.76. The molecule has 0 aliphatic carbocycles. The number of anilines is 1. The van der Waals surface area contributed by atoms with Crippen molar-refractivity contribution >= 4 is 17.4 Å². The van der Waals surface area contributed by atoms with E-state index in [9.17, 15) is 4.79 Å². The summed E-state index contributed by atoms with van der Waals surface area (Å²) in [5.74, 6) is -0.171. The maximum atomic E-state index is 10.7. The first-order valence-corrected chi connectivity index (χ1v) is 5.65. The van der Waals surface area contributed by atoms with E-state index in [-0.39, 0.29) is 12.5 Å². The van der Waals surface area contributed by atoms with E-state index in [0.29, 0.717) is 18.0 Å². The number of carboxylic acids is 1. The second-order valence-corrected chi connectivity index (χ2v) is 3.95. The van der Waals surface area contributed by atoms with Gasteiger partial charge in [-0.2, -0.15) is 0 Å². The van der Waals surface area contributed by atoms with Gasteiger partial charge in [0.2, 0.25) is 0 Å². The lowest BCUT2D eigenvalue weighted by Gasteiger charge is -2.27. The van der Waals surface area contributed by atoms with Gasteiger partial charge in [0.05, 0.1) is 6.42 Å². The van der Waals surface area contributed by atoms with E-state index in [4.69, 9.17) is 5.11 Å².